The van der Waals surface area contributed by atoms with Crippen LogP contribution in [0.15, 0.2) is 12.1 Å². The molecule has 5 nitrogen and oxygen atoms in total. The summed E-state index contributed by atoms with van der Waals surface area (Å²) in [6.07, 6.45) is 2.13. The molecule has 1 fully saturated rings. The maximum atomic E-state index is 11.0. The average Bonchev–Trinajstić information content (AvgIpc) is 2.38. The Morgan fingerprint density at radius 3 is 2.72 bits per heavy atom. The van der Waals surface area contributed by atoms with E-state index in [-0.39, 0.29) is 0 Å². The fourth-order valence-electron chi connectivity index (χ4n) is 2.34. The van der Waals surface area contributed by atoms with Crippen molar-refractivity contribution in [3.05, 3.63) is 23.4 Å². The molecule has 0 saturated carbocycles. The molecule has 1 aromatic heterocycles. The molecular weight excluding hydrogens is 230 g/mol. The number of nitrogens with zero attached hydrogens (tertiary/aromatic N) is 2. The number of aromatic carboxylic acids is 1. The lowest BCUT2D eigenvalue weighted by Crippen LogP contribution is -2.41. The SMILES string of the molecule is Cc1cc(C(=O)O)cc(N(C)C2CCNCC2)n1. The van der Waals surface area contributed by atoms with Gasteiger partial charge in [0.25, 0.3) is 0 Å². The third-order valence-corrected chi connectivity index (χ3v) is 3.40. The van der Waals surface area contributed by atoms with E-state index in [1.807, 2.05) is 14.0 Å². The number of carboxylic acid groups (broad SMARTS) is 1. The normalized spacial score (nSPS) is 16.6. The summed E-state index contributed by atoms with van der Waals surface area (Å²) in [5.74, 6) is -0.153. The Kier molecular flexibility index (Phi) is 3.81. The van der Waals surface area contributed by atoms with Crippen LogP contribution < -0.4 is 10.2 Å². The van der Waals surface area contributed by atoms with Crippen molar-refractivity contribution in [2.45, 2.75) is 25.8 Å². The van der Waals surface area contributed by atoms with Crippen LogP contribution >= 0.6 is 0 Å². The number of aromatic nitrogens is 1. The number of hydrogen-bond acceptors (Lipinski definition) is 4. The molecule has 2 N–H and O–H groups in total. The van der Waals surface area contributed by atoms with Gasteiger partial charge < -0.3 is 15.3 Å². The van der Waals surface area contributed by atoms with E-state index in [2.05, 4.69) is 15.2 Å². The highest BCUT2D eigenvalue weighted by Crippen LogP contribution is 2.20. The molecule has 0 amide bonds. The predicted molar refractivity (Wildman–Crippen MR) is 70.2 cm³/mol. The molecule has 0 aliphatic carbocycles. The molecular formula is C13H19N3O2. The number of aryl methyl sites for hydroxylation is 1. The Bertz CT molecular complexity index is 442. The lowest BCUT2D eigenvalue weighted by molar-refractivity contribution is 0.0696. The third-order valence-electron chi connectivity index (χ3n) is 3.40. The number of nitrogens with one attached hydrogen (secondary N) is 1. The molecule has 1 saturated heterocycles. The number of hydrogen-bond donors (Lipinski definition) is 2. The van der Waals surface area contributed by atoms with E-state index < -0.39 is 5.97 Å². The van der Waals surface area contributed by atoms with Gasteiger partial charge in [0.1, 0.15) is 5.82 Å². The van der Waals surface area contributed by atoms with E-state index in [4.69, 9.17) is 5.11 Å². The molecule has 0 bridgehead atoms. The van der Waals surface area contributed by atoms with Crippen LogP contribution in [0.2, 0.25) is 0 Å². The second kappa shape index (κ2) is 5.35. The van der Waals surface area contributed by atoms with Gasteiger partial charge in [-0.25, -0.2) is 9.78 Å². The molecule has 2 heterocycles. The van der Waals surface area contributed by atoms with E-state index in [0.717, 1.165) is 37.4 Å². The number of rotatable bonds is 3. The highest BCUT2D eigenvalue weighted by Gasteiger charge is 2.20. The first-order valence-corrected chi connectivity index (χ1v) is 6.23. The Hall–Kier alpha value is -1.62. The van der Waals surface area contributed by atoms with Crippen molar-refractivity contribution in [3.8, 4) is 0 Å². The Morgan fingerprint density at radius 2 is 2.11 bits per heavy atom. The highest BCUT2D eigenvalue weighted by atomic mass is 16.4. The summed E-state index contributed by atoms with van der Waals surface area (Å²) >= 11 is 0. The summed E-state index contributed by atoms with van der Waals surface area (Å²) in [4.78, 5) is 17.6. The fourth-order valence-corrected chi connectivity index (χ4v) is 2.34. The van der Waals surface area contributed by atoms with Crippen LogP contribution in [0.3, 0.4) is 0 Å². The van der Waals surface area contributed by atoms with E-state index in [0.29, 0.717) is 11.6 Å². The third kappa shape index (κ3) is 2.79. The molecule has 0 unspecified atom stereocenters. The van der Waals surface area contributed by atoms with Gasteiger partial charge in [-0.3, -0.25) is 0 Å². The molecule has 5 heteroatoms. The molecule has 1 aromatic rings. The Balaban J connectivity index is 2.23. The van der Waals surface area contributed by atoms with Crippen molar-refractivity contribution in [1.29, 1.82) is 0 Å². The molecule has 98 valence electrons. The van der Waals surface area contributed by atoms with Gasteiger partial charge in [-0.1, -0.05) is 0 Å². The van der Waals surface area contributed by atoms with Crippen molar-refractivity contribution in [2.24, 2.45) is 0 Å². The second-order valence-electron chi connectivity index (χ2n) is 4.75. The number of piperidine rings is 1. The van der Waals surface area contributed by atoms with Gasteiger partial charge >= 0.3 is 5.97 Å². The molecule has 2 rings (SSSR count). The predicted octanol–water partition coefficient (Wildman–Crippen LogP) is 1.28. The molecule has 18 heavy (non-hydrogen) atoms. The number of anilines is 1. The lowest BCUT2D eigenvalue weighted by atomic mass is 10.1. The summed E-state index contributed by atoms with van der Waals surface area (Å²) in [6.45, 7) is 3.84. The average molecular weight is 249 g/mol. The Morgan fingerprint density at radius 1 is 1.44 bits per heavy atom. The Labute approximate surface area is 107 Å². The zero-order valence-electron chi connectivity index (χ0n) is 10.8. The lowest BCUT2D eigenvalue weighted by Gasteiger charge is -2.32. The largest absolute Gasteiger partial charge is 0.478 e. The maximum absolute atomic E-state index is 11.0. The van der Waals surface area contributed by atoms with E-state index in [1.165, 1.54) is 0 Å². The van der Waals surface area contributed by atoms with Crippen molar-refractivity contribution in [2.75, 3.05) is 25.0 Å². The van der Waals surface area contributed by atoms with Crippen molar-refractivity contribution >= 4 is 11.8 Å². The van der Waals surface area contributed by atoms with Crippen LogP contribution in [0.5, 0.6) is 0 Å². The van der Waals surface area contributed by atoms with Crippen molar-refractivity contribution in [3.63, 3.8) is 0 Å². The van der Waals surface area contributed by atoms with Gasteiger partial charge in [-0.2, -0.15) is 0 Å². The first-order valence-electron chi connectivity index (χ1n) is 6.23. The first-order chi connectivity index (χ1) is 8.58. The molecule has 1 aliphatic rings. The minimum absolute atomic E-state index is 0.304. The van der Waals surface area contributed by atoms with Crippen LogP contribution in [0.25, 0.3) is 0 Å². The van der Waals surface area contributed by atoms with Crippen molar-refractivity contribution in [1.82, 2.24) is 10.3 Å². The van der Waals surface area contributed by atoms with Crippen LogP contribution in [0.4, 0.5) is 5.82 Å². The smallest absolute Gasteiger partial charge is 0.335 e. The number of carbonyl (C=O) groups is 1. The quantitative estimate of drug-likeness (QED) is 0.844. The topological polar surface area (TPSA) is 65.5 Å². The molecule has 0 atom stereocenters. The standard InChI is InChI=1S/C13H19N3O2/c1-9-7-10(13(17)18)8-12(15-9)16(2)11-3-5-14-6-4-11/h7-8,11,14H,3-6H2,1-2H3,(H,17,18). The van der Waals surface area contributed by atoms with Gasteiger partial charge in [0.2, 0.25) is 0 Å². The zero-order chi connectivity index (χ0) is 13.1. The van der Waals surface area contributed by atoms with E-state index in [9.17, 15) is 4.79 Å². The summed E-state index contributed by atoms with van der Waals surface area (Å²) in [7, 11) is 1.99. The molecule has 0 radical (unpaired) electrons. The highest BCUT2D eigenvalue weighted by molar-refractivity contribution is 5.88. The first kappa shape index (κ1) is 12.8. The van der Waals surface area contributed by atoms with E-state index in [1.54, 1.807) is 12.1 Å². The van der Waals surface area contributed by atoms with Crippen molar-refractivity contribution < 1.29 is 9.90 Å². The maximum Gasteiger partial charge on any atom is 0.335 e. The minimum Gasteiger partial charge on any atom is -0.478 e. The van der Waals surface area contributed by atoms with Crippen LogP contribution in [-0.2, 0) is 0 Å². The van der Waals surface area contributed by atoms with Gasteiger partial charge in [-0.05, 0) is 45.0 Å². The number of carboxylic acids is 1. The summed E-state index contributed by atoms with van der Waals surface area (Å²) in [6, 6.07) is 3.68. The summed E-state index contributed by atoms with van der Waals surface area (Å²) in [5, 5.41) is 12.4. The summed E-state index contributed by atoms with van der Waals surface area (Å²) in [5.41, 5.74) is 1.05. The van der Waals surface area contributed by atoms with Gasteiger partial charge in [0, 0.05) is 18.8 Å². The van der Waals surface area contributed by atoms with Crippen LogP contribution in [0, 0.1) is 6.92 Å². The minimum atomic E-state index is -0.902. The van der Waals surface area contributed by atoms with Gasteiger partial charge in [0.15, 0.2) is 0 Å². The fraction of sp³-hybridized carbons (Fsp3) is 0.538. The number of pyridine rings is 1. The monoisotopic (exact) mass is 249 g/mol. The summed E-state index contributed by atoms with van der Waals surface area (Å²) < 4.78 is 0. The second-order valence-corrected chi connectivity index (χ2v) is 4.75. The van der Waals surface area contributed by atoms with Gasteiger partial charge in [0.05, 0.1) is 5.56 Å². The molecule has 0 spiro atoms. The molecule has 1 aliphatic heterocycles. The van der Waals surface area contributed by atoms with Crippen LogP contribution in [-0.4, -0.2) is 42.2 Å². The van der Waals surface area contributed by atoms with E-state index >= 15 is 0 Å². The van der Waals surface area contributed by atoms with Crippen LogP contribution in [0.1, 0.15) is 28.9 Å². The van der Waals surface area contributed by atoms with Gasteiger partial charge in [-0.15, -0.1) is 0 Å². The zero-order valence-corrected chi connectivity index (χ0v) is 10.8. The molecule has 0 aromatic carbocycles.